The molecule has 7 nitrogen and oxygen atoms in total. The fourth-order valence-electron chi connectivity index (χ4n) is 3.04. The van der Waals surface area contributed by atoms with Gasteiger partial charge in [-0.3, -0.25) is 4.79 Å². The van der Waals surface area contributed by atoms with Crippen molar-refractivity contribution in [2.75, 3.05) is 18.4 Å². The van der Waals surface area contributed by atoms with Gasteiger partial charge in [0.2, 0.25) is 5.91 Å². The molecule has 0 spiro atoms. The summed E-state index contributed by atoms with van der Waals surface area (Å²) >= 11 is 0. The van der Waals surface area contributed by atoms with E-state index in [-0.39, 0.29) is 23.8 Å². The minimum Gasteiger partial charge on any atom is -0.480 e. The lowest BCUT2D eigenvalue weighted by atomic mass is 9.96. The summed E-state index contributed by atoms with van der Waals surface area (Å²) in [5, 5.41) is 14.7. The van der Waals surface area contributed by atoms with Gasteiger partial charge in [-0.15, -0.1) is 0 Å². The van der Waals surface area contributed by atoms with E-state index in [0.29, 0.717) is 32.4 Å². The predicted molar refractivity (Wildman–Crippen MR) is 98.8 cm³/mol. The van der Waals surface area contributed by atoms with Gasteiger partial charge in [-0.25, -0.2) is 9.59 Å². The number of rotatable bonds is 6. The van der Waals surface area contributed by atoms with Gasteiger partial charge >= 0.3 is 12.0 Å². The van der Waals surface area contributed by atoms with Gasteiger partial charge in [-0.1, -0.05) is 32.0 Å². The van der Waals surface area contributed by atoms with Crippen LogP contribution in [0, 0.1) is 11.8 Å². The molecule has 1 aliphatic heterocycles. The fraction of sp³-hybridized carbons (Fsp3) is 0.526. The van der Waals surface area contributed by atoms with Gasteiger partial charge < -0.3 is 20.6 Å². The zero-order valence-corrected chi connectivity index (χ0v) is 15.3. The second-order valence-corrected chi connectivity index (χ2v) is 7.09. The fourth-order valence-corrected chi connectivity index (χ4v) is 3.04. The molecule has 1 atom stereocenters. The quantitative estimate of drug-likeness (QED) is 0.725. The summed E-state index contributed by atoms with van der Waals surface area (Å²) in [6.07, 6.45) is 1.51. The van der Waals surface area contributed by atoms with E-state index >= 15 is 0 Å². The number of hydrogen-bond donors (Lipinski definition) is 3. The first-order valence-electron chi connectivity index (χ1n) is 9.01. The Kier molecular flexibility index (Phi) is 7.00. The molecule has 1 aromatic carbocycles. The van der Waals surface area contributed by atoms with Crippen molar-refractivity contribution < 1.29 is 19.5 Å². The Labute approximate surface area is 153 Å². The van der Waals surface area contributed by atoms with Crippen molar-refractivity contribution in [2.45, 2.75) is 39.2 Å². The van der Waals surface area contributed by atoms with Gasteiger partial charge in [0.05, 0.1) is 0 Å². The van der Waals surface area contributed by atoms with E-state index in [1.54, 1.807) is 4.90 Å². The van der Waals surface area contributed by atoms with Crippen molar-refractivity contribution in [1.29, 1.82) is 0 Å². The van der Waals surface area contributed by atoms with Crippen molar-refractivity contribution >= 4 is 23.6 Å². The van der Waals surface area contributed by atoms with Crippen molar-refractivity contribution in [3.05, 3.63) is 30.3 Å². The number of nitrogens with zero attached hydrogens (tertiary/aromatic N) is 1. The van der Waals surface area contributed by atoms with Crippen LogP contribution in [0.25, 0.3) is 0 Å². The first-order chi connectivity index (χ1) is 12.4. The van der Waals surface area contributed by atoms with Gasteiger partial charge in [0.1, 0.15) is 6.04 Å². The molecule has 7 heteroatoms. The minimum atomic E-state index is -1.02. The van der Waals surface area contributed by atoms with Crippen molar-refractivity contribution in [3.63, 3.8) is 0 Å². The largest absolute Gasteiger partial charge is 0.480 e. The molecule has 0 bridgehead atoms. The summed E-state index contributed by atoms with van der Waals surface area (Å²) in [5.41, 5.74) is 0.760. The third-order valence-corrected chi connectivity index (χ3v) is 4.50. The number of urea groups is 1. The lowest BCUT2D eigenvalue weighted by Crippen LogP contribution is -2.51. The number of aliphatic carboxylic acids is 1. The number of carboxylic acids is 1. The molecule has 1 unspecified atom stereocenters. The van der Waals surface area contributed by atoms with Crippen LogP contribution < -0.4 is 10.6 Å². The smallest absolute Gasteiger partial charge is 0.326 e. The molecule has 26 heavy (non-hydrogen) atoms. The molecule has 0 saturated carbocycles. The molecule has 1 aliphatic rings. The molecule has 1 saturated heterocycles. The summed E-state index contributed by atoms with van der Waals surface area (Å²) < 4.78 is 0. The van der Waals surface area contributed by atoms with Crippen molar-refractivity contribution in [2.24, 2.45) is 11.8 Å². The molecule has 3 amide bonds. The minimum absolute atomic E-state index is 0.0421. The van der Waals surface area contributed by atoms with Crippen LogP contribution in [0.4, 0.5) is 10.5 Å². The van der Waals surface area contributed by atoms with Crippen molar-refractivity contribution in [1.82, 2.24) is 10.2 Å². The van der Waals surface area contributed by atoms with Crippen LogP contribution in [-0.4, -0.2) is 47.0 Å². The van der Waals surface area contributed by atoms with E-state index in [0.717, 1.165) is 5.69 Å². The molecule has 0 aromatic heterocycles. The van der Waals surface area contributed by atoms with Crippen LogP contribution in [0.15, 0.2) is 30.3 Å². The zero-order chi connectivity index (χ0) is 19.1. The number of hydrogen-bond acceptors (Lipinski definition) is 3. The van der Waals surface area contributed by atoms with Crippen LogP contribution >= 0.6 is 0 Å². The Bertz CT molecular complexity index is 625. The first kappa shape index (κ1) is 19.8. The molecular weight excluding hydrogens is 334 g/mol. The Morgan fingerprint density at radius 2 is 1.77 bits per heavy atom. The number of anilines is 1. The SMILES string of the molecule is CC(C)CC(NC(=O)N1CCC(C(=O)Nc2ccccc2)CC1)C(=O)O. The van der Waals surface area contributed by atoms with Gasteiger partial charge in [-0.05, 0) is 37.3 Å². The molecule has 1 fully saturated rings. The number of piperidine rings is 1. The normalized spacial score (nSPS) is 16.2. The van der Waals surface area contributed by atoms with Gasteiger partial charge in [-0.2, -0.15) is 0 Å². The standard InChI is InChI=1S/C19H27N3O4/c1-13(2)12-16(18(24)25)21-19(26)22-10-8-14(9-11-22)17(23)20-15-6-4-3-5-7-15/h3-7,13-14,16H,8-12H2,1-2H3,(H,20,23)(H,21,26)(H,24,25). The molecule has 1 heterocycles. The number of carboxylic acid groups (broad SMARTS) is 1. The molecule has 3 N–H and O–H groups in total. The average molecular weight is 361 g/mol. The van der Waals surface area contributed by atoms with Gasteiger partial charge in [0.25, 0.3) is 0 Å². The number of amides is 3. The van der Waals surface area contributed by atoms with Crippen LogP contribution in [0.3, 0.4) is 0 Å². The van der Waals surface area contributed by atoms with Crippen LogP contribution in [0.2, 0.25) is 0 Å². The summed E-state index contributed by atoms with van der Waals surface area (Å²) in [6, 6.07) is 8.01. The highest BCUT2D eigenvalue weighted by Gasteiger charge is 2.29. The molecule has 2 rings (SSSR count). The molecule has 1 aromatic rings. The number of carbonyl (C=O) groups excluding carboxylic acids is 2. The molecule has 142 valence electrons. The maximum absolute atomic E-state index is 12.3. The van der Waals surface area contributed by atoms with E-state index in [2.05, 4.69) is 10.6 Å². The third kappa shape index (κ3) is 5.75. The van der Waals surface area contributed by atoms with Crippen LogP contribution in [0.1, 0.15) is 33.1 Å². The number of benzene rings is 1. The Balaban J connectivity index is 1.82. The van der Waals surface area contributed by atoms with Crippen LogP contribution in [0.5, 0.6) is 0 Å². The lowest BCUT2D eigenvalue weighted by molar-refractivity contribution is -0.139. The zero-order valence-electron chi connectivity index (χ0n) is 15.3. The Morgan fingerprint density at radius 3 is 2.31 bits per heavy atom. The van der Waals surface area contributed by atoms with E-state index in [1.165, 1.54) is 0 Å². The average Bonchev–Trinajstić information content (AvgIpc) is 2.61. The summed E-state index contributed by atoms with van der Waals surface area (Å²) in [7, 11) is 0. The highest BCUT2D eigenvalue weighted by atomic mass is 16.4. The highest BCUT2D eigenvalue weighted by Crippen LogP contribution is 2.20. The monoisotopic (exact) mass is 361 g/mol. The maximum atomic E-state index is 12.3. The first-order valence-corrected chi connectivity index (χ1v) is 9.01. The van der Waals surface area contributed by atoms with Gasteiger partial charge in [0.15, 0.2) is 0 Å². The maximum Gasteiger partial charge on any atom is 0.326 e. The summed E-state index contributed by atoms with van der Waals surface area (Å²) in [6.45, 7) is 4.71. The summed E-state index contributed by atoms with van der Waals surface area (Å²) in [5.74, 6) is -1.04. The molecular formula is C19H27N3O4. The topological polar surface area (TPSA) is 98.7 Å². The second kappa shape index (κ2) is 9.22. The number of likely N-dealkylation sites (tertiary alicyclic amines) is 1. The number of nitrogens with one attached hydrogen (secondary N) is 2. The van der Waals surface area contributed by atoms with Gasteiger partial charge in [0, 0.05) is 24.7 Å². The Hall–Kier alpha value is -2.57. The van der Waals surface area contributed by atoms with E-state index in [1.807, 2.05) is 44.2 Å². The van der Waals surface area contributed by atoms with Crippen molar-refractivity contribution in [3.8, 4) is 0 Å². The Morgan fingerprint density at radius 1 is 1.15 bits per heavy atom. The number of carbonyl (C=O) groups is 3. The van der Waals surface area contributed by atoms with E-state index < -0.39 is 12.0 Å². The predicted octanol–water partition coefficient (Wildman–Crippen LogP) is 2.55. The second-order valence-electron chi connectivity index (χ2n) is 7.09. The summed E-state index contributed by atoms with van der Waals surface area (Å²) in [4.78, 5) is 37.5. The van der Waals surface area contributed by atoms with Crippen LogP contribution in [-0.2, 0) is 9.59 Å². The molecule has 0 aliphatic carbocycles. The highest BCUT2D eigenvalue weighted by molar-refractivity contribution is 5.92. The number of para-hydroxylation sites is 1. The third-order valence-electron chi connectivity index (χ3n) is 4.50. The van der Waals surface area contributed by atoms with E-state index in [4.69, 9.17) is 0 Å². The molecule has 0 radical (unpaired) electrons. The van der Waals surface area contributed by atoms with E-state index in [9.17, 15) is 19.5 Å². The lowest BCUT2D eigenvalue weighted by Gasteiger charge is -2.32.